The molecule has 3 rings (SSSR count). The highest BCUT2D eigenvalue weighted by Gasteiger charge is 2.51. The molecule has 3 aliphatic carbocycles. The lowest BCUT2D eigenvalue weighted by atomic mass is 9.77. The fourth-order valence-corrected chi connectivity index (χ4v) is 4.13. The smallest absolute Gasteiger partial charge is 0.0166 e. The molecule has 2 fully saturated rings. The summed E-state index contributed by atoms with van der Waals surface area (Å²) in [5.41, 5.74) is 1.68. The third kappa shape index (κ3) is 0.694. The Bertz CT molecular complexity index is 238. The van der Waals surface area contributed by atoms with E-state index in [1.54, 1.807) is 12.0 Å². The molecule has 0 aromatic rings. The van der Waals surface area contributed by atoms with Gasteiger partial charge < -0.3 is 0 Å². The molecule has 5 unspecified atom stereocenters. The quantitative estimate of drug-likeness (QED) is 0.480. The Morgan fingerprint density at radius 1 is 1.25 bits per heavy atom. The highest BCUT2D eigenvalue weighted by Crippen LogP contribution is 2.59. The van der Waals surface area contributed by atoms with Crippen molar-refractivity contribution in [1.29, 1.82) is 0 Å². The highest BCUT2D eigenvalue weighted by molar-refractivity contribution is 5.21. The normalized spacial score (nSPS) is 55.8. The lowest BCUT2D eigenvalue weighted by Gasteiger charge is -2.27. The van der Waals surface area contributed by atoms with Gasteiger partial charge in [0.05, 0.1) is 0 Å². The number of hydrogen-bond donors (Lipinski definition) is 0. The van der Waals surface area contributed by atoms with Crippen LogP contribution >= 0.6 is 0 Å². The molecule has 2 saturated carbocycles. The molecule has 3 aliphatic rings. The molecule has 0 aliphatic heterocycles. The number of fused-ring (bicyclic) bond motifs is 5. The van der Waals surface area contributed by atoms with E-state index in [2.05, 4.69) is 19.9 Å². The van der Waals surface area contributed by atoms with E-state index in [1.807, 2.05) is 0 Å². The Hall–Kier alpha value is -0.260. The summed E-state index contributed by atoms with van der Waals surface area (Å²) in [5.74, 6) is 5.15. The van der Waals surface area contributed by atoms with Crippen molar-refractivity contribution in [3.8, 4) is 0 Å². The van der Waals surface area contributed by atoms with Crippen LogP contribution in [0.4, 0.5) is 0 Å². The molecule has 12 heavy (non-hydrogen) atoms. The Morgan fingerprint density at radius 2 is 2.00 bits per heavy atom. The molecule has 5 atom stereocenters. The zero-order valence-corrected chi connectivity index (χ0v) is 8.09. The van der Waals surface area contributed by atoms with E-state index in [1.165, 1.54) is 12.8 Å². The average Bonchev–Trinajstić information content (AvgIpc) is 2.66. The van der Waals surface area contributed by atoms with E-state index in [4.69, 9.17) is 0 Å². The van der Waals surface area contributed by atoms with Gasteiger partial charge in [-0.15, -0.1) is 0 Å². The minimum Gasteiger partial charge on any atom is -0.0816 e. The average molecular weight is 162 g/mol. The summed E-state index contributed by atoms with van der Waals surface area (Å²) in [6, 6.07) is 0. The summed E-state index contributed by atoms with van der Waals surface area (Å²) in [5, 5.41) is 0. The number of hydrogen-bond acceptors (Lipinski definition) is 0. The van der Waals surface area contributed by atoms with Gasteiger partial charge in [-0.1, -0.05) is 18.6 Å². The van der Waals surface area contributed by atoms with Gasteiger partial charge in [-0.25, -0.2) is 0 Å². The molecule has 2 bridgehead atoms. The zero-order valence-electron chi connectivity index (χ0n) is 8.09. The minimum atomic E-state index is 0.908. The number of allylic oxidation sites excluding steroid dienone is 2. The van der Waals surface area contributed by atoms with Gasteiger partial charge in [-0.05, 0) is 55.8 Å². The first-order chi connectivity index (χ1) is 5.77. The largest absolute Gasteiger partial charge is 0.0816 e. The zero-order chi connectivity index (χ0) is 8.29. The van der Waals surface area contributed by atoms with Crippen LogP contribution in [0.15, 0.2) is 11.6 Å². The first-order valence-electron chi connectivity index (χ1n) is 5.45. The van der Waals surface area contributed by atoms with Crippen molar-refractivity contribution in [1.82, 2.24) is 0 Å². The van der Waals surface area contributed by atoms with Crippen LogP contribution in [0.1, 0.15) is 33.1 Å². The van der Waals surface area contributed by atoms with Crippen LogP contribution in [0.2, 0.25) is 0 Å². The Balaban J connectivity index is 1.97. The van der Waals surface area contributed by atoms with Gasteiger partial charge in [0.1, 0.15) is 0 Å². The SMILES string of the molecule is CC1=CC2C3CCC(C3)C2C1C. The van der Waals surface area contributed by atoms with Crippen LogP contribution in [0.3, 0.4) is 0 Å². The third-order valence-corrected chi connectivity index (χ3v) is 4.80. The van der Waals surface area contributed by atoms with E-state index >= 15 is 0 Å². The van der Waals surface area contributed by atoms with Crippen molar-refractivity contribution >= 4 is 0 Å². The lowest BCUT2D eigenvalue weighted by Crippen LogP contribution is -2.21. The molecule has 0 heterocycles. The van der Waals surface area contributed by atoms with Gasteiger partial charge in [0.25, 0.3) is 0 Å². The molecule has 0 nitrogen and oxygen atoms in total. The first kappa shape index (κ1) is 7.17. The van der Waals surface area contributed by atoms with E-state index in [9.17, 15) is 0 Å². The standard InChI is InChI=1S/C12H18/c1-7-5-11-9-3-4-10(6-9)12(11)8(7)2/h5,8-12H,3-4,6H2,1-2H3. The first-order valence-corrected chi connectivity index (χ1v) is 5.45. The fraction of sp³-hybridized carbons (Fsp3) is 0.833. The maximum absolute atomic E-state index is 2.60. The van der Waals surface area contributed by atoms with Gasteiger partial charge in [-0.2, -0.15) is 0 Å². The second-order valence-electron chi connectivity index (χ2n) is 5.19. The molecule has 0 radical (unpaired) electrons. The van der Waals surface area contributed by atoms with Gasteiger partial charge in [-0.3, -0.25) is 0 Å². The van der Waals surface area contributed by atoms with Crippen LogP contribution in [-0.2, 0) is 0 Å². The molecular formula is C12H18. The molecule has 66 valence electrons. The molecule has 0 aromatic heterocycles. The van der Waals surface area contributed by atoms with Crippen LogP contribution in [0.25, 0.3) is 0 Å². The maximum Gasteiger partial charge on any atom is -0.0166 e. The monoisotopic (exact) mass is 162 g/mol. The molecule has 0 heteroatoms. The summed E-state index contributed by atoms with van der Waals surface area (Å²) in [4.78, 5) is 0. The van der Waals surface area contributed by atoms with Crippen LogP contribution < -0.4 is 0 Å². The number of rotatable bonds is 0. The molecular weight excluding hydrogens is 144 g/mol. The van der Waals surface area contributed by atoms with E-state index < -0.39 is 0 Å². The second-order valence-corrected chi connectivity index (χ2v) is 5.19. The highest BCUT2D eigenvalue weighted by atomic mass is 14.6. The summed E-state index contributed by atoms with van der Waals surface area (Å²) in [6.45, 7) is 4.78. The molecule has 0 saturated heterocycles. The van der Waals surface area contributed by atoms with Gasteiger partial charge >= 0.3 is 0 Å². The molecule has 0 spiro atoms. The summed E-state index contributed by atoms with van der Waals surface area (Å²) in [6.07, 6.45) is 7.22. The van der Waals surface area contributed by atoms with E-state index in [-0.39, 0.29) is 0 Å². The van der Waals surface area contributed by atoms with Crippen LogP contribution in [0, 0.1) is 29.6 Å². The Morgan fingerprint density at radius 3 is 2.75 bits per heavy atom. The van der Waals surface area contributed by atoms with Crippen molar-refractivity contribution in [2.75, 3.05) is 0 Å². The summed E-state index contributed by atoms with van der Waals surface area (Å²) in [7, 11) is 0. The van der Waals surface area contributed by atoms with E-state index in [0.717, 1.165) is 29.6 Å². The van der Waals surface area contributed by atoms with Crippen molar-refractivity contribution in [3.63, 3.8) is 0 Å². The van der Waals surface area contributed by atoms with Crippen molar-refractivity contribution in [2.24, 2.45) is 29.6 Å². The summed E-state index contributed by atoms with van der Waals surface area (Å²) < 4.78 is 0. The van der Waals surface area contributed by atoms with Crippen LogP contribution in [-0.4, -0.2) is 0 Å². The second kappa shape index (κ2) is 2.16. The molecule has 0 aromatic carbocycles. The topological polar surface area (TPSA) is 0 Å². The minimum absolute atomic E-state index is 0.908. The maximum atomic E-state index is 2.60. The van der Waals surface area contributed by atoms with Crippen LogP contribution in [0.5, 0.6) is 0 Å². The van der Waals surface area contributed by atoms with Crippen molar-refractivity contribution in [2.45, 2.75) is 33.1 Å². The predicted octanol–water partition coefficient (Wildman–Crippen LogP) is 3.24. The van der Waals surface area contributed by atoms with Gasteiger partial charge in [0.15, 0.2) is 0 Å². The Labute approximate surface area is 75.0 Å². The van der Waals surface area contributed by atoms with Gasteiger partial charge in [0, 0.05) is 0 Å². The molecule has 0 amide bonds. The fourth-order valence-electron chi connectivity index (χ4n) is 4.13. The lowest BCUT2D eigenvalue weighted by molar-refractivity contribution is 0.235. The predicted molar refractivity (Wildman–Crippen MR) is 50.7 cm³/mol. The Kier molecular flexibility index (Phi) is 1.29. The van der Waals surface area contributed by atoms with E-state index in [0.29, 0.717) is 0 Å². The van der Waals surface area contributed by atoms with Crippen molar-refractivity contribution < 1.29 is 0 Å². The van der Waals surface area contributed by atoms with Crippen molar-refractivity contribution in [3.05, 3.63) is 11.6 Å². The summed E-state index contributed by atoms with van der Waals surface area (Å²) >= 11 is 0. The third-order valence-electron chi connectivity index (χ3n) is 4.80. The molecule has 0 N–H and O–H groups in total. The van der Waals surface area contributed by atoms with Gasteiger partial charge in [0.2, 0.25) is 0 Å².